The van der Waals surface area contributed by atoms with E-state index in [1.165, 1.54) is 12.0 Å². The van der Waals surface area contributed by atoms with Gasteiger partial charge in [-0.25, -0.2) is 0 Å². The van der Waals surface area contributed by atoms with Crippen molar-refractivity contribution < 1.29 is 14.8 Å². The highest BCUT2D eigenvalue weighted by molar-refractivity contribution is 6.58. The standard InChI is InChI=1S/C14H15BO3/c16-15(17)12-5-2-6-13(8-12)18-9-11-4-1-3-10-7-14(10)11/h1-6,8,10,14,16-17H,7,9H2. The Morgan fingerprint density at radius 3 is 3.06 bits per heavy atom. The molecule has 2 N–H and O–H groups in total. The van der Waals surface area contributed by atoms with Crippen LogP contribution in [0, 0.1) is 11.8 Å². The second-order valence-corrected chi connectivity index (χ2v) is 4.87. The van der Waals surface area contributed by atoms with Gasteiger partial charge in [0, 0.05) is 0 Å². The molecular weight excluding hydrogens is 227 g/mol. The van der Waals surface area contributed by atoms with Crippen LogP contribution in [0.5, 0.6) is 5.75 Å². The van der Waals surface area contributed by atoms with Crippen molar-refractivity contribution in [3.63, 3.8) is 0 Å². The minimum Gasteiger partial charge on any atom is -0.489 e. The van der Waals surface area contributed by atoms with Crippen molar-refractivity contribution in [1.82, 2.24) is 0 Å². The van der Waals surface area contributed by atoms with Crippen LogP contribution in [-0.4, -0.2) is 23.8 Å². The highest BCUT2D eigenvalue weighted by Crippen LogP contribution is 2.47. The van der Waals surface area contributed by atoms with Gasteiger partial charge in [-0.1, -0.05) is 30.4 Å². The van der Waals surface area contributed by atoms with Gasteiger partial charge in [0.2, 0.25) is 0 Å². The number of ether oxygens (including phenoxy) is 1. The lowest BCUT2D eigenvalue weighted by atomic mass is 9.80. The molecule has 2 aliphatic rings. The number of rotatable bonds is 4. The van der Waals surface area contributed by atoms with Crippen molar-refractivity contribution >= 4 is 12.6 Å². The Hall–Kier alpha value is -1.52. The largest absolute Gasteiger partial charge is 0.489 e. The maximum absolute atomic E-state index is 9.09. The van der Waals surface area contributed by atoms with E-state index in [2.05, 4.69) is 18.2 Å². The van der Waals surface area contributed by atoms with E-state index in [1.54, 1.807) is 18.2 Å². The Morgan fingerprint density at radius 2 is 2.22 bits per heavy atom. The summed E-state index contributed by atoms with van der Waals surface area (Å²) in [5.41, 5.74) is 1.78. The summed E-state index contributed by atoms with van der Waals surface area (Å²) in [5, 5.41) is 18.2. The molecule has 0 aromatic heterocycles. The number of hydrogen-bond acceptors (Lipinski definition) is 3. The summed E-state index contributed by atoms with van der Waals surface area (Å²) in [6, 6.07) is 6.92. The van der Waals surface area contributed by atoms with Crippen LogP contribution < -0.4 is 10.2 Å². The maximum atomic E-state index is 9.09. The molecule has 3 rings (SSSR count). The van der Waals surface area contributed by atoms with Crippen LogP contribution >= 0.6 is 0 Å². The van der Waals surface area contributed by atoms with Crippen LogP contribution in [0.1, 0.15) is 6.42 Å². The first-order valence-corrected chi connectivity index (χ1v) is 6.20. The molecular formula is C14H15BO3. The first-order chi connectivity index (χ1) is 8.74. The average molecular weight is 242 g/mol. The van der Waals surface area contributed by atoms with E-state index in [9.17, 15) is 0 Å². The molecule has 92 valence electrons. The molecule has 0 amide bonds. The van der Waals surface area contributed by atoms with Crippen LogP contribution in [0.2, 0.25) is 0 Å². The fraction of sp³-hybridized carbons (Fsp3) is 0.286. The van der Waals surface area contributed by atoms with Gasteiger partial charge in [0.25, 0.3) is 0 Å². The second-order valence-electron chi connectivity index (χ2n) is 4.87. The molecule has 1 aromatic rings. The Morgan fingerprint density at radius 1 is 1.33 bits per heavy atom. The molecule has 1 fully saturated rings. The lowest BCUT2D eigenvalue weighted by Crippen LogP contribution is -2.29. The molecule has 3 nitrogen and oxygen atoms in total. The van der Waals surface area contributed by atoms with Gasteiger partial charge in [-0.15, -0.1) is 0 Å². The summed E-state index contributed by atoms with van der Waals surface area (Å²) >= 11 is 0. The van der Waals surface area contributed by atoms with Crippen molar-refractivity contribution in [1.29, 1.82) is 0 Å². The van der Waals surface area contributed by atoms with Crippen LogP contribution in [-0.2, 0) is 0 Å². The molecule has 0 bridgehead atoms. The van der Waals surface area contributed by atoms with Crippen molar-refractivity contribution in [2.24, 2.45) is 11.8 Å². The molecule has 0 saturated heterocycles. The van der Waals surface area contributed by atoms with Crippen LogP contribution in [0.3, 0.4) is 0 Å². The summed E-state index contributed by atoms with van der Waals surface area (Å²) in [5.74, 6) is 2.06. The summed E-state index contributed by atoms with van der Waals surface area (Å²) < 4.78 is 5.71. The molecule has 0 aliphatic heterocycles. The molecule has 0 spiro atoms. The monoisotopic (exact) mass is 242 g/mol. The van der Waals surface area contributed by atoms with Gasteiger partial charge in [0.15, 0.2) is 0 Å². The Labute approximate surface area is 107 Å². The first-order valence-electron chi connectivity index (χ1n) is 6.20. The predicted octanol–water partition coefficient (Wildman–Crippen LogP) is 0.877. The summed E-state index contributed by atoms with van der Waals surface area (Å²) in [7, 11) is -1.45. The third kappa shape index (κ3) is 2.35. The summed E-state index contributed by atoms with van der Waals surface area (Å²) in [6.07, 6.45) is 7.71. The van der Waals surface area contributed by atoms with E-state index < -0.39 is 7.12 Å². The van der Waals surface area contributed by atoms with E-state index in [4.69, 9.17) is 14.8 Å². The number of allylic oxidation sites excluding steroid dienone is 3. The van der Waals surface area contributed by atoms with E-state index in [0.29, 0.717) is 23.7 Å². The minimum absolute atomic E-state index is 0.453. The third-order valence-electron chi connectivity index (χ3n) is 3.55. The normalized spacial score (nSPS) is 24.2. The quantitative estimate of drug-likeness (QED) is 0.770. The van der Waals surface area contributed by atoms with Gasteiger partial charge in [0.05, 0.1) is 0 Å². The number of hydrogen-bond donors (Lipinski definition) is 2. The van der Waals surface area contributed by atoms with E-state index >= 15 is 0 Å². The molecule has 1 saturated carbocycles. The number of fused-ring (bicyclic) bond motifs is 1. The number of benzene rings is 1. The molecule has 0 radical (unpaired) electrons. The summed E-state index contributed by atoms with van der Waals surface area (Å²) in [4.78, 5) is 0. The van der Waals surface area contributed by atoms with Gasteiger partial charge in [-0.05, 0) is 41.4 Å². The highest BCUT2D eigenvalue weighted by atomic mass is 16.5. The van der Waals surface area contributed by atoms with Crippen molar-refractivity contribution in [3.05, 3.63) is 48.1 Å². The second kappa shape index (κ2) is 4.63. The smallest absolute Gasteiger partial charge is 0.488 e. The Balaban J connectivity index is 1.64. The molecule has 2 unspecified atom stereocenters. The molecule has 2 aliphatic carbocycles. The lowest BCUT2D eigenvalue weighted by Gasteiger charge is -2.11. The third-order valence-corrected chi connectivity index (χ3v) is 3.55. The topological polar surface area (TPSA) is 49.7 Å². The van der Waals surface area contributed by atoms with Crippen molar-refractivity contribution in [2.75, 3.05) is 6.61 Å². The van der Waals surface area contributed by atoms with Gasteiger partial charge >= 0.3 is 7.12 Å². The van der Waals surface area contributed by atoms with Crippen molar-refractivity contribution in [3.8, 4) is 5.75 Å². The predicted molar refractivity (Wildman–Crippen MR) is 70.6 cm³/mol. The molecule has 4 heteroatoms. The SMILES string of the molecule is OB(O)c1cccc(OCC2=CC=CC3CC23)c1. The van der Waals surface area contributed by atoms with Gasteiger partial charge in [0.1, 0.15) is 12.4 Å². The first kappa shape index (κ1) is 11.6. The van der Waals surface area contributed by atoms with Crippen LogP contribution in [0.25, 0.3) is 0 Å². The fourth-order valence-electron chi connectivity index (χ4n) is 2.39. The van der Waals surface area contributed by atoms with Crippen molar-refractivity contribution in [2.45, 2.75) is 6.42 Å². The van der Waals surface area contributed by atoms with E-state index in [1.807, 2.05) is 6.07 Å². The fourth-order valence-corrected chi connectivity index (χ4v) is 2.39. The Bertz CT molecular complexity index is 508. The molecule has 0 heterocycles. The van der Waals surface area contributed by atoms with Crippen LogP contribution in [0.4, 0.5) is 0 Å². The molecule has 18 heavy (non-hydrogen) atoms. The summed E-state index contributed by atoms with van der Waals surface area (Å²) in [6.45, 7) is 0.580. The minimum atomic E-state index is -1.45. The highest BCUT2D eigenvalue weighted by Gasteiger charge is 2.39. The zero-order valence-electron chi connectivity index (χ0n) is 9.99. The molecule has 2 atom stereocenters. The molecule has 1 aromatic carbocycles. The Kier molecular flexibility index (Phi) is 2.98. The lowest BCUT2D eigenvalue weighted by molar-refractivity contribution is 0.344. The van der Waals surface area contributed by atoms with Gasteiger partial charge in [-0.3, -0.25) is 0 Å². The average Bonchev–Trinajstić information content (AvgIpc) is 3.16. The van der Waals surface area contributed by atoms with E-state index in [-0.39, 0.29) is 0 Å². The van der Waals surface area contributed by atoms with Crippen LogP contribution in [0.15, 0.2) is 48.1 Å². The maximum Gasteiger partial charge on any atom is 0.488 e. The zero-order valence-corrected chi connectivity index (χ0v) is 9.99. The van der Waals surface area contributed by atoms with Gasteiger partial charge < -0.3 is 14.8 Å². The van der Waals surface area contributed by atoms with Gasteiger partial charge in [-0.2, -0.15) is 0 Å². The van der Waals surface area contributed by atoms with E-state index in [0.717, 1.165) is 5.92 Å². The zero-order chi connectivity index (χ0) is 12.5.